The zero-order chi connectivity index (χ0) is 22.7. The fourth-order valence-electron chi connectivity index (χ4n) is 3.33. The Bertz CT molecular complexity index is 1290. The second-order valence-electron chi connectivity index (χ2n) is 7.44. The molecule has 0 aliphatic heterocycles. The third kappa shape index (κ3) is 4.42. The summed E-state index contributed by atoms with van der Waals surface area (Å²) in [5.41, 5.74) is 2.89. The van der Waals surface area contributed by atoms with Crippen molar-refractivity contribution in [2.75, 3.05) is 19.0 Å². The van der Waals surface area contributed by atoms with Gasteiger partial charge in [-0.25, -0.2) is 18.7 Å². The van der Waals surface area contributed by atoms with Crippen LogP contribution in [0.1, 0.15) is 13.3 Å². The lowest BCUT2D eigenvalue weighted by Gasteiger charge is -2.15. The minimum Gasteiger partial charge on any atom is -0.491 e. The Morgan fingerprint density at radius 1 is 1.09 bits per heavy atom. The molecule has 4 rings (SSSR count). The van der Waals surface area contributed by atoms with Crippen molar-refractivity contribution in [3.63, 3.8) is 0 Å². The molecule has 0 radical (unpaired) electrons. The second-order valence-corrected chi connectivity index (χ2v) is 7.44. The van der Waals surface area contributed by atoms with Crippen molar-refractivity contribution in [1.82, 2.24) is 15.0 Å². The van der Waals surface area contributed by atoms with Crippen LogP contribution in [0.5, 0.6) is 5.75 Å². The first kappa shape index (κ1) is 21.4. The SMILES string of the molecule is C=C(C)CCOc1cc(-c2cc(F)ccc2F)cc2c(NC)nc(-c3cccnc3)nc12. The van der Waals surface area contributed by atoms with Gasteiger partial charge in [-0.1, -0.05) is 5.57 Å². The molecule has 32 heavy (non-hydrogen) atoms. The van der Waals surface area contributed by atoms with Crippen LogP contribution in [0.15, 0.2) is 67.0 Å². The number of hydrogen-bond acceptors (Lipinski definition) is 5. The number of ether oxygens (including phenoxy) is 1. The number of nitrogens with zero attached hydrogens (tertiary/aromatic N) is 3. The third-order valence-electron chi connectivity index (χ3n) is 4.95. The summed E-state index contributed by atoms with van der Waals surface area (Å²) in [6, 6.07) is 10.4. The maximum atomic E-state index is 14.5. The summed E-state index contributed by atoms with van der Waals surface area (Å²) >= 11 is 0. The number of benzene rings is 2. The average Bonchev–Trinajstić information content (AvgIpc) is 2.80. The Morgan fingerprint density at radius 2 is 1.94 bits per heavy atom. The van der Waals surface area contributed by atoms with Crippen LogP contribution in [0.2, 0.25) is 0 Å². The van der Waals surface area contributed by atoms with Gasteiger partial charge in [0.15, 0.2) is 5.82 Å². The van der Waals surface area contributed by atoms with Crippen molar-refractivity contribution in [2.24, 2.45) is 0 Å². The highest BCUT2D eigenvalue weighted by Gasteiger charge is 2.17. The highest BCUT2D eigenvalue weighted by Crippen LogP contribution is 2.37. The summed E-state index contributed by atoms with van der Waals surface area (Å²) in [4.78, 5) is 13.5. The first-order chi connectivity index (χ1) is 15.5. The van der Waals surface area contributed by atoms with Crippen molar-refractivity contribution >= 4 is 16.7 Å². The topological polar surface area (TPSA) is 59.9 Å². The molecule has 0 aliphatic carbocycles. The van der Waals surface area contributed by atoms with Crippen molar-refractivity contribution < 1.29 is 13.5 Å². The Balaban J connectivity index is 1.94. The molecule has 2 heterocycles. The number of pyridine rings is 1. The van der Waals surface area contributed by atoms with Gasteiger partial charge in [-0.15, -0.1) is 6.58 Å². The predicted octanol–water partition coefficient (Wildman–Crippen LogP) is 6.02. The van der Waals surface area contributed by atoms with E-state index in [4.69, 9.17) is 9.72 Å². The quantitative estimate of drug-likeness (QED) is 0.362. The summed E-state index contributed by atoms with van der Waals surface area (Å²) in [5.74, 6) is 0.411. The number of nitrogens with one attached hydrogen (secondary N) is 1. The molecule has 0 spiro atoms. The van der Waals surface area contributed by atoms with E-state index in [0.29, 0.717) is 46.9 Å². The van der Waals surface area contributed by atoms with Crippen molar-refractivity contribution in [3.05, 3.63) is 78.6 Å². The molecule has 0 fully saturated rings. The summed E-state index contributed by atoms with van der Waals surface area (Å²) in [6.07, 6.45) is 4.01. The van der Waals surface area contributed by atoms with E-state index in [-0.39, 0.29) is 5.56 Å². The van der Waals surface area contributed by atoms with Crippen LogP contribution in [0.25, 0.3) is 33.4 Å². The summed E-state index contributed by atoms with van der Waals surface area (Å²) in [7, 11) is 1.74. The largest absolute Gasteiger partial charge is 0.491 e. The smallest absolute Gasteiger partial charge is 0.163 e. The first-order valence-corrected chi connectivity index (χ1v) is 10.1. The highest BCUT2D eigenvalue weighted by atomic mass is 19.1. The molecule has 0 amide bonds. The molecule has 0 aliphatic rings. The monoisotopic (exact) mass is 432 g/mol. The molecule has 0 saturated heterocycles. The number of halogens is 2. The molecule has 0 bridgehead atoms. The molecular weight excluding hydrogens is 410 g/mol. The normalized spacial score (nSPS) is 10.9. The van der Waals surface area contributed by atoms with Crippen molar-refractivity contribution in [1.29, 1.82) is 0 Å². The van der Waals surface area contributed by atoms with E-state index in [0.717, 1.165) is 29.3 Å². The van der Waals surface area contributed by atoms with Crippen LogP contribution in [0.3, 0.4) is 0 Å². The second kappa shape index (κ2) is 9.09. The van der Waals surface area contributed by atoms with Crippen molar-refractivity contribution in [2.45, 2.75) is 13.3 Å². The van der Waals surface area contributed by atoms with Gasteiger partial charge >= 0.3 is 0 Å². The predicted molar refractivity (Wildman–Crippen MR) is 123 cm³/mol. The van der Waals surface area contributed by atoms with E-state index >= 15 is 0 Å². The number of anilines is 1. The van der Waals surface area contributed by atoms with Gasteiger partial charge in [0, 0.05) is 42.4 Å². The minimum atomic E-state index is -0.530. The number of hydrogen-bond donors (Lipinski definition) is 1. The van der Waals surface area contributed by atoms with E-state index in [1.807, 2.05) is 19.1 Å². The summed E-state index contributed by atoms with van der Waals surface area (Å²) in [6.45, 7) is 6.20. The van der Waals surface area contributed by atoms with Crippen LogP contribution in [-0.2, 0) is 0 Å². The zero-order valence-corrected chi connectivity index (χ0v) is 17.8. The Morgan fingerprint density at radius 3 is 2.66 bits per heavy atom. The lowest BCUT2D eigenvalue weighted by atomic mass is 10.0. The fraction of sp³-hybridized carbons (Fsp3) is 0.160. The van der Waals surface area contributed by atoms with Crippen LogP contribution < -0.4 is 10.1 Å². The number of aromatic nitrogens is 3. The van der Waals surface area contributed by atoms with E-state index in [2.05, 4.69) is 21.9 Å². The standard InChI is InChI=1S/C25H22F2N4O/c1-15(2)8-10-32-22-12-17(19-13-18(26)6-7-21(19)27)11-20-23(22)30-24(31-25(20)28-3)16-5-4-9-29-14-16/h4-7,9,11-14H,1,8,10H2,2-3H3,(H,28,30,31). The third-order valence-corrected chi connectivity index (χ3v) is 4.95. The molecular formula is C25H22F2N4O. The lowest BCUT2D eigenvalue weighted by molar-refractivity contribution is 0.325. The molecule has 0 saturated carbocycles. The van der Waals surface area contributed by atoms with E-state index < -0.39 is 11.6 Å². The van der Waals surface area contributed by atoms with Crippen LogP contribution in [0, 0.1) is 11.6 Å². The minimum absolute atomic E-state index is 0.134. The summed E-state index contributed by atoms with van der Waals surface area (Å²) in [5, 5.41) is 3.71. The van der Waals surface area contributed by atoms with Gasteiger partial charge in [0.25, 0.3) is 0 Å². The molecule has 2 aromatic heterocycles. The maximum Gasteiger partial charge on any atom is 0.163 e. The van der Waals surface area contributed by atoms with Gasteiger partial charge in [-0.3, -0.25) is 4.98 Å². The van der Waals surface area contributed by atoms with Gasteiger partial charge in [0.1, 0.15) is 28.7 Å². The van der Waals surface area contributed by atoms with Crippen LogP contribution >= 0.6 is 0 Å². The van der Waals surface area contributed by atoms with Gasteiger partial charge < -0.3 is 10.1 Å². The molecule has 2 aromatic carbocycles. The van der Waals surface area contributed by atoms with E-state index in [9.17, 15) is 8.78 Å². The Labute approximate surface area is 184 Å². The molecule has 7 heteroatoms. The molecule has 5 nitrogen and oxygen atoms in total. The Hall–Kier alpha value is -3.87. The van der Waals surface area contributed by atoms with Crippen LogP contribution in [-0.4, -0.2) is 28.6 Å². The maximum absolute atomic E-state index is 14.5. The summed E-state index contributed by atoms with van der Waals surface area (Å²) < 4.78 is 34.5. The molecule has 4 aromatic rings. The fourth-order valence-corrected chi connectivity index (χ4v) is 3.33. The Kier molecular flexibility index (Phi) is 6.07. The molecule has 0 atom stereocenters. The number of rotatable bonds is 7. The van der Waals surface area contributed by atoms with Gasteiger partial charge in [0.2, 0.25) is 0 Å². The van der Waals surface area contributed by atoms with Gasteiger partial charge in [0.05, 0.1) is 6.61 Å². The number of fused-ring (bicyclic) bond motifs is 1. The van der Waals surface area contributed by atoms with Gasteiger partial charge in [-0.05, 0) is 55.0 Å². The van der Waals surface area contributed by atoms with Crippen molar-refractivity contribution in [3.8, 4) is 28.3 Å². The van der Waals surface area contributed by atoms with E-state index in [1.54, 1.807) is 31.6 Å². The highest BCUT2D eigenvalue weighted by molar-refractivity contribution is 5.97. The molecule has 162 valence electrons. The zero-order valence-electron chi connectivity index (χ0n) is 17.8. The van der Waals surface area contributed by atoms with Gasteiger partial charge in [-0.2, -0.15) is 0 Å². The lowest BCUT2D eigenvalue weighted by Crippen LogP contribution is -2.03. The average molecular weight is 432 g/mol. The van der Waals surface area contributed by atoms with E-state index in [1.165, 1.54) is 0 Å². The van der Waals surface area contributed by atoms with Crippen LogP contribution in [0.4, 0.5) is 14.6 Å². The first-order valence-electron chi connectivity index (χ1n) is 10.1. The molecule has 1 N–H and O–H groups in total. The molecule has 0 unspecified atom stereocenters.